The molecular formula is C12H24N2O2. The number of aliphatic hydroxyl groups is 1. The van der Waals surface area contributed by atoms with Crippen LogP contribution in [0.15, 0.2) is 0 Å². The van der Waals surface area contributed by atoms with E-state index in [4.69, 9.17) is 10.8 Å². The molecule has 1 rings (SSSR count). The van der Waals surface area contributed by atoms with Gasteiger partial charge in [-0.2, -0.15) is 0 Å². The van der Waals surface area contributed by atoms with E-state index in [0.717, 1.165) is 38.5 Å². The second-order valence-corrected chi connectivity index (χ2v) is 4.93. The number of carbonyl (C=O) groups is 1. The molecule has 4 N–H and O–H groups in total. The van der Waals surface area contributed by atoms with E-state index >= 15 is 0 Å². The molecule has 94 valence electrons. The van der Waals surface area contributed by atoms with Gasteiger partial charge in [0, 0.05) is 19.2 Å². The summed E-state index contributed by atoms with van der Waals surface area (Å²) < 4.78 is 0. The maximum Gasteiger partial charge on any atom is 0.227 e. The molecule has 0 aromatic heterocycles. The van der Waals surface area contributed by atoms with Crippen molar-refractivity contribution in [1.82, 2.24) is 5.32 Å². The van der Waals surface area contributed by atoms with E-state index in [-0.39, 0.29) is 24.0 Å². The van der Waals surface area contributed by atoms with Crippen molar-refractivity contribution in [2.24, 2.45) is 11.1 Å². The molecule has 1 amide bonds. The zero-order valence-corrected chi connectivity index (χ0v) is 10.2. The van der Waals surface area contributed by atoms with Crippen LogP contribution in [-0.2, 0) is 4.79 Å². The number of aliphatic hydroxyl groups excluding tert-OH is 1. The van der Waals surface area contributed by atoms with E-state index in [0.29, 0.717) is 6.54 Å². The highest BCUT2D eigenvalue weighted by atomic mass is 16.3. The van der Waals surface area contributed by atoms with E-state index in [2.05, 4.69) is 5.32 Å². The Morgan fingerprint density at radius 1 is 1.50 bits per heavy atom. The highest BCUT2D eigenvalue weighted by Gasteiger charge is 2.39. The van der Waals surface area contributed by atoms with Crippen LogP contribution in [0.5, 0.6) is 0 Å². The van der Waals surface area contributed by atoms with Crippen molar-refractivity contribution in [3.05, 3.63) is 0 Å². The van der Waals surface area contributed by atoms with Gasteiger partial charge in [0.2, 0.25) is 5.91 Å². The third-order valence-corrected chi connectivity index (χ3v) is 3.61. The van der Waals surface area contributed by atoms with Crippen molar-refractivity contribution in [2.45, 2.75) is 51.5 Å². The van der Waals surface area contributed by atoms with Gasteiger partial charge in [-0.3, -0.25) is 4.79 Å². The molecule has 0 spiro atoms. The normalized spacial score (nSPS) is 20.7. The molecule has 1 unspecified atom stereocenters. The summed E-state index contributed by atoms with van der Waals surface area (Å²) in [6, 6.07) is 0.128. The van der Waals surface area contributed by atoms with Crippen molar-refractivity contribution < 1.29 is 9.90 Å². The fourth-order valence-electron chi connectivity index (χ4n) is 2.42. The van der Waals surface area contributed by atoms with Gasteiger partial charge in [-0.05, 0) is 32.6 Å². The first kappa shape index (κ1) is 13.5. The molecule has 0 aromatic carbocycles. The quantitative estimate of drug-likeness (QED) is 0.629. The van der Waals surface area contributed by atoms with Gasteiger partial charge in [-0.1, -0.05) is 12.8 Å². The molecule has 1 aliphatic rings. The predicted molar refractivity (Wildman–Crippen MR) is 63.9 cm³/mol. The van der Waals surface area contributed by atoms with Gasteiger partial charge >= 0.3 is 0 Å². The monoisotopic (exact) mass is 228 g/mol. The third kappa shape index (κ3) is 3.19. The average molecular weight is 228 g/mol. The van der Waals surface area contributed by atoms with E-state index in [1.165, 1.54) is 0 Å². The summed E-state index contributed by atoms with van der Waals surface area (Å²) in [6.45, 7) is 2.61. The van der Waals surface area contributed by atoms with Crippen molar-refractivity contribution in [1.29, 1.82) is 0 Å². The zero-order valence-electron chi connectivity index (χ0n) is 10.2. The Labute approximate surface area is 97.6 Å². The van der Waals surface area contributed by atoms with Crippen LogP contribution < -0.4 is 11.1 Å². The summed E-state index contributed by atoms with van der Waals surface area (Å²) in [5, 5.41) is 11.7. The maximum atomic E-state index is 12.1. The molecule has 0 aromatic rings. The van der Waals surface area contributed by atoms with Crippen LogP contribution in [0, 0.1) is 5.41 Å². The Bertz CT molecular complexity index is 225. The van der Waals surface area contributed by atoms with Crippen LogP contribution in [0.1, 0.15) is 45.4 Å². The molecule has 0 heterocycles. The molecule has 16 heavy (non-hydrogen) atoms. The molecular weight excluding hydrogens is 204 g/mol. The molecule has 1 atom stereocenters. The van der Waals surface area contributed by atoms with Gasteiger partial charge in [0.05, 0.1) is 5.41 Å². The minimum atomic E-state index is -0.312. The number of nitrogens with two attached hydrogens (primary N) is 1. The maximum absolute atomic E-state index is 12.1. The summed E-state index contributed by atoms with van der Waals surface area (Å²) in [7, 11) is 0. The molecule has 0 bridgehead atoms. The molecule has 1 fully saturated rings. The number of nitrogens with one attached hydrogen (secondary N) is 1. The minimum Gasteiger partial charge on any atom is -0.396 e. The Morgan fingerprint density at radius 2 is 2.12 bits per heavy atom. The highest BCUT2D eigenvalue weighted by Crippen LogP contribution is 2.37. The summed E-state index contributed by atoms with van der Waals surface area (Å²) in [5.74, 6) is 0.109. The lowest BCUT2D eigenvalue weighted by molar-refractivity contribution is -0.131. The minimum absolute atomic E-state index is 0.109. The fourth-order valence-corrected chi connectivity index (χ4v) is 2.42. The zero-order chi connectivity index (χ0) is 12.0. The first-order valence-electron chi connectivity index (χ1n) is 6.26. The summed E-state index contributed by atoms with van der Waals surface area (Å²) in [4.78, 5) is 12.1. The highest BCUT2D eigenvalue weighted by molar-refractivity contribution is 5.83. The lowest BCUT2D eigenvalue weighted by Gasteiger charge is -2.27. The van der Waals surface area contributed by atoms with Gasteiger partial charge < -0.3 is 16.2 Å². The summed E-state index contributed by atoms with van der Waals surface area (Å²) >= 11 is 0. The van der Waals surface area contributed by atoms with Gasteiger partial charge in [0.25, 0.3) is 0 Å². The van der Waals surface area contributed by atoms with Crippen molar-refractivity contribution >= 4 is 5.91 Å². The first-order valence-corrected chi connectivity index (χ1v) is 6.26. The molecule has 0 aliphatic heterocycles. The lowest BCUT2D eigenvalue weighted by atomic mass is 9.85. The predicted octanol–water partition coefficient (Wildman–Crippen LogP) is 0.783. The summed E-state index contributed by atoms with van der Waals surface area (Å²) in [6.07, 6.45) is 5.61. The molecule has 0 radical (unpaired) electrons. The van der Waals surface area contributed by atoms with E-state index in [9.17, 15) is 4.79 Å². The van der Waals surface area contributed by atoms with Gasteiger partial charge in [-0.15, -0.1) is 0 Å². The number of hydrogen-bond donors (Lipinski definition) is 3. The van der Waals surface area contributed by atoms with E-state index in [1.807, 2.05) is 6.92 Å². The van der Waals surface area contributed by atoms with Gasteiger partial charge in [0.1, 0.15) is 0 Å². The number of amides is 1. The van der Waals surface area contributed by atoms with Crippen LogP contribution in [0.2, 0.25) is 0 Å². The molecule has 4 nitrogen and oxygen atoms in total. The van der Waals surface area contributed by atoms with Crippen LogP contribution in [0.25, 0.3) is 0 Å². The molecule has 0 saturated heterocycles. The SMILES string of the molecule is CC(CCCO)NC(=O)C1(CN)CCCC1. The van der Waals surface area contributed by atoms with Crippen LogP contribution in [-0.4, -0.2) is 30.2 Å². The van der Waals surface area contributed by atoms with Crippen molar-refractivity contribution in [2.75, 3.05) is 13.2 Å². The fraction of sp³-hybridized carbons (Fsp3) is 0.917. The molecule has 1 aliphatic carbocycles. The molecule has 4 heteroatoms. The third-order valence-electron chi connectivity index (χ3n) is 3.61. The van der Waals surface area contributed by atoms with Gasteiger partial charge in [0.15, 0.2) is 0 Å². The Kier molecular flexibility index (Phi) is 5.22. The van der Waals surface area contributed by atoms with Crippen molar-refractivity contribution in [3.63, 3.8) is 0 Å². The first-order chi connectivity index (χ1) is 7.64. The molecule has 1 saturated carbocycles. The average Bonchev–Trinajstić information content (AvgIpc) is 2.76. The largest absolute Gasteiger partial charge is 0.396 e. The summed E-state index contributed by atoms with van der Waals surface area (Å²) in [5.41, 5.74) is 5.43. The van der Waals surface area contributed by atoms with Crippen LogP contribution in [0.4, 0.5) is 0 Å². The standard InChI is InChI=1S/C12H24N2O2/c1-10(5-4-8-15)14-11(16)12(9-13)6-2-3-7-12/h10,15H,2-9,13H2,1H3,(H,14,16). The van der Waals surface area contributed by atoms with Crippen molar-refractivity contribution in [3.8, 4) is 0 Å². The van der Waals surface area contributed by atoms with Gasteiger partial charge in [-0.25, -0.2) is 0 Å². The Morgan fingerprint density at radius 3 is 2.62 bits per heavy atom. The number of hydrogen-bond acceptors (Lipinski definition) is 3. The van der Waals surface area contributed by atoms with Crippen LogP contribution >= 0.6 is 0 Å². The second kappa shape index (κ2) is 6.21. The number of rotatable bonds is 6. The number of carbonyl (C=O) groups excluding carboxylic acids is 1. The Balaban J connectivity index is 2.43. The van der Waals surface area contributed by atoms with Crippen LogP contribution in [0.3, 0.4) is 0 Å². The lowest BCUT2D eigenvalue weighted by Crippen LogP contribution is -2.47. The second-order valence-electron chi connectivity index (χ2n) is 4.93. The Hall–Kier alpha value is -0.610. The smallest absolute Gasteiger partial charge is 0.227 e. The topological polar surface area (TPSA) is 75.3 Å². The van der Waals surface area contributed by atoms with E-state index in [1.54, 1.807) is 0 Å². The van der Waals surface area contributed by atoms with E-state index < -0.39 is 0 Å².